The number of phenols is 1. The van der Waals surface area contributed by atoms with Crippen LogP contribution in [0.15, 0.2) is 46.9 Å². The van der Waals surface area contributed by atoms with Crippen LogP contribution in [0.3, 0.4) is 0 Å². The molecule has 0 aliphatic carbocycles. The third kappa shape index (κ3) is 4.77. The highest BCUT2D eigenvalue weighted by Gasteiger charge is 2.02. The fraction of sp³-hybridized carbons (Fsp3) is 0.0667. The van der Waals surface area contributed by atoms with Gasteiger partial charge in [-0.05, 0) is 61.6 Å². The lowest BCUT2D eigenvalue weighted by Crippen LogP contribution is -2.32. The van der Waals surface area contributed by atoms with Crippen molar-refractivity contribution in [3.63, 3.8) is 0 Å². The number of carbonyl (C=O) groups excluding carboxylic acids is 1. The Hall–Kier alpha value is -2.60. The number of thiocarbonyl (C=S) groups is 1. The largest absolute Gasteiger partial charge is 0.508 e. The normalized spacial score (nSPS) is 10.5. The Balaban J connectivity index is 1.86. The number of furan rings is 1. The molecule has 0 unspecified atom stereocenters. The van der Waals surface area contributed by atoms with E-state index in [4.69, 9.17) is 21.7 Å². The summed E-state index contributed by atoms with van der Waals surface area (Å²) in [6.07, 6.45) is 2.90. The first-order valence-electron chi connectivity index (χ1n) is 6.18. The number of phenolic OH excluding ortho intramolecular Hbond substituents is 1. The van der Waals surface area contributed by atoms with E-state index in [0.717, 1.165) is 5.76 Å². The van der Waals surface area contributed by atoms with Crippen molar-refractivity contribution in [2.75, 3.05) is 5.32 Å². The first kappa shape index (κ1) is 14.8. The molecule has 6 heteroatoms. The van der Waals surface area contributed by atoms with Crippen LogP contribution in [0.4, 0.5) is 5.69 Å². The first-order valence-corrected chi connectivity index (χ1v) is 6.59. The maximum absolute atomic E-state index is 11.7. The Morgan fingerprint density at radius 2 is 1.95 bits per heavy atom. The molecule has 0 aliphatic rings. The minimum atomic E-state index is -0.361. The number of nitrogens with one attached hydrogen (secondary N) is 2. The molecule has 0 radical (unpaired) electrons. The zero-order valence-corrected chi connectivity index (χ0v) is 12.1. The second-order valence-corrected chi connectivity index (χ2v) is 4.68. The van der Waals surface area contributed by atoms with Crippen LogP contribution in [0.2, 0.25) is 0 Å². The lowest BCUT2D eigenvalue weighted by atomic mass is 10.3. The van der Waals surface area contributed by atoms with Crippen LogP contribution in [0.5, 0.6) is 5.75 Å². The van der Waals surface area contributed by atoms with Gasteiger partial charge in [0.05, 0.1) is 0 Å². The Bertz CT molecular complexity index is 674. The van der Waals surface area contributed by atoms with Gasteiger partial charge in [-0.1, -0.05) is 0 Å². The highest BCUT2D eigenvalue weighted by Crippen LogP contribution is 2.13. The van der Waals surface area contributed by atoms with E-state index < -0.39 is 0 Å². The zero-order valence-electron chi connectivity index (χ0n) is 11.3. The summed E-state index contributed by atoms with van der Waals surface area (Å²) in [5.41, 5.74) is 0.670. The monoisotopic (exact) mass is 302 g/mol. The van der Waals surface area contributed by atoms with E-state index in [1.807, 2.05) is 13.0 Å². The Kier molecular flexibility index (Phi) is 4.73. The van der Waals surface area contributed by atoms with E-state index >= 15 is 0 Å². The summed E-state index contributed by atoms with van der Waals surface area (Å²) in [6.45, 7) is 1.83. The molecule has 0 spiro atoms. The van der Waals surface area contributed by atoms with Crippen molar-refractivity contribution < 1.29 is 14.3 Å². The fourth-order valence-corrected chi connectivity index (χ4v) is 1.78. The second kappa shape index (κ2) is 6.71. The Labute approximate surface area is 127 Å². The maximum atomic E-state index is 11.7. The van der Waals surface area contributed by atoms with E-state index in [1.165, 1.54) is 18.2 Å². The zero-order chi connectivity index (χ0) is 15.2. The molecule has 0 aliphatic heterocycles. The standard InChI is InChI=1S/C15H14N2O3S/c1-10-2-7-13(20-10)8-9-14(19)17-15(21)16-11-3-5-12(18)6-4-11/h2-9,18H,1H3,(H2,16,17,19,21). The molecule has 0 atom stereocenters. The van der Waals surface area contributed by atoms with Gasteiger partial charge in [-0.15, -0.1) is 0 Å². The molecule has 108 valence electrons. The third-order valence-corrected chi connectivity index (χ3v) is 2.73. The van der Waals surface area contributed by atoms with Gasteiger partial charge in [-0.3, -0.25) is 10.1 Å². The molecule has 21 heavy (non-hydrogen) atoms. The van der Waals surface area contributed by atoms with E-state index in [2.05, 4.69) is 10.6 Å². The fourth-order valence-electron chi connectivity index (χ4n) is 1.56. The lowest BCUT2D eigenvalue weighted by Gasteiger charge is -2.07. The van der Waals surface area contributed by atoms with Crippen LogP contribution >= 0.6 is 12.2 Å². The van der Waals surface area contributed by atoms with Gasteiger partial charge < -0.3 is 14.8 Å². The summed E-state index contributed by atoms with van der Waals surface area (Å²) >= 11 is 5.02. The van der Waals surface area contributed by atoms with Gasteiger partial charge in [-0.25, -0.2) is 0 Å². The molecule has 0 saturated heterocycles. The first-order chi connectivity index (χ1) is 10.0. The maximum Gasteiger partial charge on any atom is 0.250 e. The molecule has 0 saturated carbocycles. The van der Waals surface area contributed by atoms with Crippen molar-refractivity contribution in [3.8, 4) is 5.75 Å². The van der Waals surface area contributed by atoms with E-state index in [1.54, 1.807) is 24.3 Å². The van der Waals surface area contributed by atoms with E-state index in [9.17, 15) is 4.79 Å². The van der Waals surface area contributed by atoms with Gasteiger partial charge in [0.1, 0.15) is 17.3 Å². The van der Waals surface area contributed by atoms with Gasteiger partial charge in [-0.2, -0.15) is 0 Å². The van der Waals surface area contributed by atoms with Gasteiger partial charge in [0.15, 0.2) is 5.11 Å². The molecule has 1 aromatic heterocycles. The molecule has 1 amide bonds. The molecular formula is C15H14N2O3S. The number of rotatable bonds is 3. The molecular weight excluding hydrogens is 288 g/mol. The highest BCUT2D eigenvalue weighted by molar-refractivity contribution is 7.80. The van der Waals surface area contributed by atoms with Crippen molar-refractivity contribution in [3.05, 3.63) is 54.0 Å². The minimum absolute atomic E-state index is 0.159. The summed E-state index contributed by atoms with van der Waals surface area (Å²) in [7, 11) is 0. The van der Waals surface area contributed by atoms with E-state index in [0.29, 0.717) is 11.4 Å². The minimum Gasteiger partial charge on any atom is -0.508 e. The highest BCUT2D eigenvalue weighted by atomic mass is 32.1. The van der Waals surface area contributed by atoms with Gasteiger partial charge in [0.2, 0.25) is 5.91 Å². The SMILES string of the molecule is Cc1ccc(C=CC(=O)NC(=S)Nc2ccc(O)cc2)o1. The van der Waals surface area contributed by atoms with Crippen LogP contribution in [-0.4, -0.2) is 16.1 Å². The van der Waals surface area contributed by atoms with Crippen LogP contribution in [0, 0.1) is 6.92 Å². The van der Waals surface area contributed by atoms with Crippen molar-refractivity contribution in [1.82, 2.24) is 5.32 Å². The van der Waals surface area contributed by atoms with Crippen LogP contribution in [0.25, 0.3) is 6.08 Å². The number of carbonyl (C=O) groups is 1. The number of anilines is 1. The molecule has 2 rings (SSSR count). The summed E-state index contributed by atoms with van der Waals surface area (Å²) in [6, 6.07) is 9.92. The van der Waals surface area contributed by atoms with Crippen LogP contribution < -0.4 is 10.6 Å². The molecule has 3 N–H and O–H groups in total. The van der Waals surface area contributed by atoms with Crippen LogP contribution in [0.1, 0.15) is 11.5 Å². The van der Waals surface area contributed by atoms with Crippen molar-refractivity contribution in [1.29, 1.82) is 0 Å². The number of aromatic hydroxyl groups is 1. The van der Waals surface area contributed by atoms with Crippen LogP contribution in [-0.2, 0) is 4.79 Å². The molecule has 0 fully saturated rings. The van der Waals surface area contributed by atoms with Gasteiger partial charge in [0.25, 0.3) is 0 Å². The Morgan fingerprint density at radius 1 is 1.24 bits per heavy atom. The average molecular weight is 302 g/mol. The second-order valence-electron chi connectivity index (χ2n) is 4.27. The smallest absolute Gasteiger partial charge is 0.250 e. The number of benzene rings is 1. The Morgan fingerprint density at radius 3 is 2.57 bits per heavy atom. The molecule has 5 nitrogen and oxygen atoms in total. The summed E-state index contributed by atoms with van der Waals surface area (Å²) < 4.78 is 5.31. The van der Waals surface area contributed by atoms with Gasteiger partial charge >= 0.3 is 0 Å². The number of aryl methyl sites for hydroxylation is 1. The quantitative estimate of drug-likeness (QED) is 0.462. The molecule has 0 bridgehead atoms. The van der Waals surface area contributed by atoms with Crippen molar-refractivity contribution in [2.45, 2.75) is 6.92 Å². The average Bonchev–Trinajstić information content (AvgIpc) is 2.85. The predicted octanol–water partition coefficient (Wildman–Crippen LogP) is 2.82. The molecule has 1 heterocycles. The van der Waals surface area contributed by atoms with E-state index in [-0.39, 0.29) is 16.8 Å². The van der Waals surface area contributed by atoms with Crippen molar-refractivity contribution >= 4 is 35.0 Å². The summed E-state index contributed by atoms with van der Waals surface area (Å²) in [5.74, 6) is 1.17. The number of hydrogen-bond donors (Lipinski definition) is 3. The summed E-state index contributed by atoms with van der Waals surface area (Å²) in [4.78, 5) is 11.7. The third-order valence-electron chi connectivity index (χ3n) is 2.52. The number of amides is 1. The van der Waals surface area contributed by atoms with Gasteiger partial charge in [0, 0.05) is 11.8 Å². The topological polar surface area (TPSA) is 74.5 Å². The lowest BCUT2D eigenvalue weighted by molar-refractivity contribution is -0.115. The molecule has 2 aromatic rings. The predicted molar refractivity (Wildman–Crippen MR) is 84.9 cm³/mol. The summed E-state index contributed by atoms with van der Waals surface area (Å²) in [5, 5.41) is 14.7. The molecule has 1 aromatic carbocycles. The van der Waals surface area contributed by atoms with Crippen molar-refractivity contribution in [2.24, 2.45) is 0 Å². The number of hydrogen-bond acceptors (Lipinski definition) is 4.